The van der Waals surface area contributed by atoms with Gasteiger partial charge in [-0.15, -0.1) is 0 Å². The van der Waals surface area contributed by atoms with Gasteiger partial charge in [0.25, 0.3) is 0 Å². The van der Waals surface area contributed by atoms with Crippen LogP contribution in [0.15, 0.2) is 18.2 Å². The Morgan fingerprint density at radius 2 is 1.46 bits per heavy atom. The van der Waals surface area contributed by atoms with Crippen LogP contribution in [-0.2, 0) is 17.1 Å². The van der Waals surface area contributed by atoms with E-state index in [1.165, 1.54) is 13.8 Å². The van der Waals surface area contributed by atoms with Gasteiger partial charge in [0.2, 0.25) is 0 Å². The van der Waals surface area contributed by atoms with E-state index in [2.05, 4.69) is 4.98 Å². The van der Waals surface area contributed by atoms with Crippen molar-refractivity contribution in [3.8, 4) is 0 Å². The largest absolute Gasteiger partial charge is 0.293 e. The molecule has 0 unspecified atom stereocenters. The molecule has 0 aliphatic rings. The molecule has 0 aliphatic heterocycles. The van der Waals surface area contributed by atoms with Crippen LogP contribution in [0.5, 0.6) is 0 Å². The minimum atomic E-state index is -0.127. The number of hydrogen-bond acceptors (Lipinski definition) is 3. The number of aromatic nitrogens is 1. The van der Waals surface area contributed by atoms with Gasteiger partial charge in [-0.1, -0.05) is 6.07 Å². The normalized spacial score (nSPS) is 8.77. The van der Waals surface area contributed by atoms with Gasteiger partial charge in [-0.3, -0.25) is 9.59 Å². The van der Waals surface area contributed by atoms with E-state index in [0.717, 1.165) is 0 Å². The molecule has 4 heteroatoms. The van der Waals surface area contributed by atoms with Gasteiger partial charge in [-0.25, -0.2) is 4.98 Å². The molecule has 13 heavy (non-hydrogen) atoms. The summed E-state index contributed by atoms with van der Waals surface area (Å²) in [6, 6.07) is 4.84. The van der Waals surface area contributed by atoms with Crippen LogP contribution in [0.1, 0.15) is 34.8 Å². The Hall–Kier alpha value is -0.991. The summed E-state index contributed by atoms with van der Waals surface area (Å²) >= 11 is 0. The van der Waals surface area contributed by atoms with Crippen LogP contribution < -0.4 is 0 Å². The molecule has 0 radical (unpaired) electrons. The van der Waals surface area contributed by atoms with Crippen molar-refractivity contribution in [1.29, 1.82) is 0 Å². The quantitative estimate of drug-likeness (QED) is 0.559. The Bertz CT molecular complexity index is 307. The molecule has 0 aliphatic carbocycles. The van der Waals surface area contributed by atoms with Crippen molar-refractivity contribution < 1.29 is 26.7 Å². The Balaban J connectivity index is 0.00000144. The third kappa shape index (κ3) is 3.09. The fourth-order valence-corrected chi connectivity index (χ4v) is 0.827. The van der Waals surface area contributed by atoms with Crippen molar-refractivity contribution in [2.45, 2.75) is 13.8 Å². The van der Waals surface area contributed by atoms with E-state index in [-0.39, 0.29) is 28.6 Å². The SMILES string of the molecule is CC(=O)c1cccc(C(C)=O)n1.[Fe]. The molecule has 1 rings (SSSR count). The molecule has 0 spiro atoms. The summed E-state index contributed by atoms with van der Waals surface area (Å²) < 4.78 is 0. The standard InChI is InChI=1S/C9H9NO2.Fe/c1-6(11)8-4-3-5-9(10-8)7(2)12;/h3-5H,1-2H3;. The van der Waals surface area contributed by atoms with E-state index < -0.39 is 0 Å². The Labute approximate surface area is 87.0 Å². The average Bonchev–Trinajstić information content (AvgIpc) is 2.04. The molecular weight excluding hydrogens is 210 g/mol. The van der Waals surface area contributed by atoms with E-state index in [9.17, 15) is 9.59 Å². The second-order valence-corrected chi connectivity index (χ2v) is 2.52. The number of carbonyl (C=O) groups is 2. The zero-order valence-corrected chi connectivity index (χ0v) is 8.45. The predicted molar refractivity (Wildman–Crippen MR) is 44.2 cm³/mol. The summed E-state index contributed by atoms with van der Waals surface area (Å²) in [4.78, 5) is 25.6. The van der Waals surface area contributed by atoms with Crippen LogP contribution in [0.3, 0.4) is 0 Å². The van der Waals surface area contributed by atoms with Crippen molar-refractivity contribution in [2.24, 2.45) is 0 Å². The molecule has 0 atom stereocenters. The molecule has 70 valence electrons. The fourth-order valence-electron chi connectivity index (χ4n) is 0.827. The number of pyridine rings is 1. The molecule has 1 aromatic heterocycles. The molecule has 0 bridgehead atoms. The molecular formula is C9H9FeNO2. The van der Waals surface area contributed by atoms with Crippen LogP contribution in [0, 0.1) is 0 Å². The molecule has 3 nitrogen and oxygen atoms in total. The van der Waals surface area contributed by atoms with Gasteiger partial charge >= 0.3 is 0 Å². The molecule has 0 saturated heterocycles. The van der Waals surface area contributed by atoms with Crippen molar-refractivity contribution >= 4 is 11.6 Å². The number of rotatable bonds is 2. The zero-order valence-electron chi connectivity index (χ0n) is 7.35. The zero-order chi connectivity index (χ0) is 9.14. The fraction of sp³-hybridized carbons (Fsp3) is 0.222. The summed E-state index contributed by atoms with van der Waals surface area (Å²) in [5.41, 5.74) is 0.672. The Kier molecular flexibility index (Phi) is 4.52. The maximum absolute atomic E-state index is 10.8. The van der Waals surface area contributed by atoms with Gasteiger partial charge in [0.05, 0.1) is 0 Å². The topological polar surface area (TPSA) is 47.0 Å². The number of Topliss-reactive ketones (excluding diaryl/α,β-unsaturated/α-hetero) is 2. The van der Waals surface area contributed by atoms with Crippen LogP contribution in [0.25, 0.3) is 0 Å². The molecule has 1 heterocycles. The van der Waals surface area contributed by atoms with Crippen molar-refractivity contribution in [1.82, 2.24) is 4.98 Å². The molecule has 0 amide bonds. The second-order valence-electron chi connectivity index (χ2n) is 2.52. The second kappa shape index (κ2) is 4.90. The molecule has 0 N–H and O–H groups in total. The van der Waals surface area contributed by atoms with Crippen LogP contribution >= 0.6 is 0 Å². The molecule has 0 fully saturated rings. The van der Waals surface area contributed by atoms with Gasteiger partial charge in [0, 0.05) is 30.9 Å². The van der Waals surface area contributed by atoms with Gasteiger partial charge in [0.15, 0.2) is 11.6 Å². The number of carbonyl (C=O) groups excluding carboxylic acids is 2. The summed E-state index contributed by atoms with van der Waals surface area (Å²) in [6.07, 6.45) is 0. The third-order valence-electron chi connectivity index (χ3n) is 1.47. The summed E-state index contributed by atoms with van der Waals surface area (Å²) in [5.74, 6) is -0.254. The van der Waals surface area contributed by atoms with E-state index >= 15 is 0 Å². The minimum absolute atomic E-state index is 0. The number of ketones is 2. The monoisotopic (exact) mass is 219 g/mol. The first-order valence-corrected chi connectivity index (χ1v) is 3.60. The van der Waals surface area contributed by atoms with Crippen molar-refractivity contribution in [3.63, 3.8) is 0 Å². The van der Waals surface area contributed by atoms with Crippen LogP contribution in [-0.4, -0.2) is 16.6 Å². The van der Waals surface area contributed by atoms with E-state index in [0.29, 0.717) is 11.4 Å². The third-order valence-corrected chi connectivity index (χ3v) is 1.47. The van der Waals surface area contributed by atoms with E-state index in [1.807, 2.05) is 0 Å². The van der Waals surface area contributed by atoms with Gasteiger partial charge in [-0.05, 0) is 12.1 Å². The average molecular weight is 219 g/mol. The molecule has 0 aromatic carbocycles. The first kappa shape index (κ1) is 12.0. The van der Waals surface area contributed by atoms with Gasteiger partial charge in [-0.2, -0.15) is 0 Å². The first-order chi connectivity index (χ1) is 5.61. The van der Waals surface area contributed by atoms with Crippen LogP contribution in [0.2, 0.25) is 0 Å². The van der Waals surface area contributed by atoms with Crippen molar-refractivity contribution in [3.05, 3.63) is 29.6 Å². The molecule has 0 saturated carbocycles. The predicted octanol–water partition coefficient (Wildman–Crippen LogP) is 1.48. The van der Waals surface area contributed by atoms with Crippen LogP contribution in [0.4, 0.5) is 0 Å². The summed E-state index contributed by atoms with van der Waals surface area (Å²) in [6.45, 7) is 2.85. The summed E-state index contributed by atoms with van der Waals surface area (Å²) in [5, 5.41) is 0. The van der Waals surface area contributed by atoms with Gasteiger partial charge < -0.3 is 0 Å². The van der Waals surface area contributed by atoms with E-state index in [4.69, 9.17) is 0 Å². The molecule has 1 aromatic rings. The maximum atomic E-state index is 10.8. The smallest absolute Gasteiger partial charge is 0.178 e. The Morgan fingerprint density at radius 3 is 1.77 bits per heavy atom. The first-order valence-electron chi connectivity index (χ1n) is 3.60. The van der Waals surface area contributed by atoms with Crippen molar-refractivity contribution in [2.75, 3.05) is 0 Å². The number of nitrogens with zero attached hydrogens (tertiary/aromatic N) is 1. The summed E-state index contributed by atoms with van der Waals surface area (Å²) in [7, 11) is 0. The number of hydrogen-bond donors (Lipinski definition) is 0. The maximum Gasteiger partial charge on any atom is 0.178 e. The van der Waals surface area contributed by atoms with E-state index in [1.54, 1.807) is 18.2 Å². The Morgan fingerprint density at radius 1 is 1.08 bits per heavy atom. The van der Waals surface area contributed by atoms with Gasteiger partial charge in [0.1, 0.15) is 11.4 Å². The minimum Gasteiger partial charge on any atom is -0.293 e.